The van der Waals surface area contributed by atoms with Crippen LogP contribution in [-0.4, -0.2) is 27.9 Å². The summed E-state index contributed by atoms with van der Waals surface area (Å²) in [5, 5.41) is 2.60. The molecule has 0 aliphatic carbocycles. The molecule has 0 bridgehead atoms. The van der Waals surface area contributed by atoms with Crippen molar-refractivity contribution in [2.75, 3.05) is 0 Å². The Bertz CT molecular complexity index is 313. The normalized spacial score (nSPS) is 12.7. The zero-order valence-corrected chi connectivity index (χ0v) is 20.5. The second-order valence-electron chi connectivity index (χ2n) is 7.99. The van der Waals surface area contributed by atoms with Crippen LogP contribution in [0.15, 0.2) is 0 Å². The summed E-state index contributed by atoms with van der Waals surface area (Å²) in [5.74, 6) is -0.264. The van der Waals surface area contributed by atoms with E-state index in [9.17, 15) is 4.79 Å². The van der Waals surface area contributed by atoms with Crippen LogP contribution in [0.3, 0.4) is 0 Å². The molecule has 0 aromatic carbocycles. The molecule has 0 radical (unpaired) electrons. The van der Waals surface area contributed by atoms with Crippen LogP contribution in [0.1, 0.15) is 123 Å². The summed E-state index contributed by atoms with van der Waals surface area (Å²) in [7, 11) is 0. The number of hydrogen-bond donors (Lipinski definition) is 1. The number of carbonyl (C=O) groups excluding carboxylic acids is 1. The van der Waals surface area contributed by atoms with E-state index in [4.69, 9.17) is 10.5 Å². The van der Waals surface area contributed by atoms with Crippen LogP contribution in [0.4, 0.5) is 0 Å². The number of hydrogen-bond acceptors (Lipinski definition) is 3. The molecule has 0 aliphatic heterocycles. The van der Waals surface area contributed by atoms with Gasteiger partial charge in [-0.05, 0) is 0 Å². The fraction of sp³-hybridized carbons (Fsp3) is 0.957. The molecular weight excluding hydrogens is 397 g/mol. The number of nitrogens with two attached hydrogens (primary N) is 1. The Kier molecular flexibility index (Phi) is 22.3. The summed E-state index contributed by atoms with van der Waals surface area (Å²) in [6.45, 7) is 3.71. The molecule has 0 spiro atoms. The predicted molar refractivity (Wildman–Crippen MR) is 121 cm³/mol. The van der Waals surface area contributed by atoms with Crippen LogP contribution < -0.4 is 5.73 Å². The van der Waals surface area contributed by atoms with Gasteiger partial charge in [0, 0.05) is 0 Å². The predicted octanol–water partition coefficient (Wildman–Crippen LogP) is 6.76. The third kappa shape index (κ3) is 24.0. The van der Waals surface area contributed by atoms with Crippen molar-refractivity contribution in [2.45, 2.75) is 140 Å². The monoisotopic (exact) mass is 445 g/mol. The summed E-state index contributed by atoms with van der Waals surface area (Å²) in [6, 6.07) is 0. The molecule has 0 aliphatic rings. The molecule has 0 aromatic heterocycles. The van der Waals surface area contributed by atoms with Crippen LogP contribution in [0, 0.1) is 0 Å². The topological polar surface area (TPSA) is 52.3 Å². The molecule has 0 amide bonds. The van der Waals surface area contributed by atoms with E-state index in [2.05, 4.69) is 6.92 Å². The second-order valence-corrected chi connectivity index (χ2v) is 11.1. The Morgan fingerprint density at radius 3 is 1.56 bits per heavy atom. The van der Waals surface area contributed by atoms with E-state index < -0.39 is 0 Å². The fourth-order valence-electron chi connectivity index (χ4n) is 3.44. The molecule has 0 saturated heterocycles. The molecule has 0 rings (SSSR count). The summed E-state index contributed by atoms with van der Waals surface area (Å²) < 4.78 is 4.95. The van der Waals surface area contributed by atoms with Crippen molar-refractivity contribution in [3.8, 4) is 0 Å². The maximum absolute atomic E-state index is 10.8. The van der Waals surface area contributed by atoms with E-state index >= 15 is 0 Å². The first-order chi connectivity index (χ1) is 13.2. The van der Waals surface area contributed by atoms with Gasteiger partial charge < -0.3 is 0 Å². The molecule has 3 nitrogen and oxygen atoms in total. The summed E-state index contributed by atoms with van der Waals surface area (Å²) in [6.07, 6.45) is 23.4. The van der Waals surface area contributed by atoms with E-state index in [1.165, 1.54) is 120 Å². The van der Waals surface area contributed by atoms with Crippen molar-refractivity contribution in [3.63, 3.8) is 0 Å². The van der Waals surface area contributed by atoms with Gasteiger partial charge in [0.1, 0.15) is 0 Å². The summed E-state index contributed by atoms with van der Waals surface area (Å²) in [4.78, 5) is 10.8. The number of unbranched alkanes of at least 4 members (excludes halogenated alkanes) is 15. The van der Waals surface area contributed by atoms with Gasteiger partial charge in [-0.1, -0.05) is 39.0 Å². The fourth-order valence-corrected chi connectivity index (χ4v) is 6.04. The van der Waals surface area contributed by atoms with E-state index in [1.54, 1.807) is 0 Å². The second kappa shape index (κ2) is 22.3. The van der Waals surface area contributed by atoms with E-state index in [-0.39, 0.29) is 27.9 Å². The van der Waals surface area contributed by atoms with E-state index in [0.29, 0.717) is 0 Å². The number of carbonyl (C=O) groups is 1. The van der Waals surface area contributed by atoms with Crippen LogP contribution >= 0.6 is 0 Å². The molecule has 2 N–H and O–H groups in total. The van der Waals surface area contributed by atoms with Crippen LogP contribution in [-0.2, 0) is 9.53 Å². The molecule has 0 aromatic rings. The third-order valence-electron chi connectivity index (χ3n) is 5.13. The third-order valence-corrected chi connectivity index (χ3v) is 7.96. The Morgan fingerprint density at radius 2 is 1.15 bits per heavy atom. The van der Waals surface area contributed by atoms with Crippen LogP contribution in [0.25, 0.3) is 0 Å². The van der Waals surface area contributed by atoms with Gasteiger partial charge in [-0.2, -0.15) is 0 Å². The molecule has 0 fully saturated rings. The minimum atomic E-state index is -0.378. The summed E-state index contributed by atoms with van der Waals surface area (Å²) >= 11 is 0.119. The Balaban J connectivity index is 3.06. The van der Waals surface area contributed by atoms with Crippen LogP contribution in [0.5, 0.6) is 0 Å². The average Bonchev–Trinajstić information content (AvgIpc) is 2.63. The quantitative estimate of drug-likeness (QED) is 0.0919. The molecule has 162 valence electrons. The maximum atomic E-state index is 10.8. The van der Waals surface area contributed by atoms with Gasteiger partial charge in [0.25, 0.3) is 0 Å². The van der Waals surface area contributed by atoms with Gasteiger partial charge in [0.15, 0.2) is 0 Å². The Labute approximate surface area is 176 Å². The van der Waals surface area contributed by atoms with Crippen molar-refractivity contribution in [2.24, 2.45) is 5.73 Å². The molecule has 2 unspecified atom stereocenters. The standard InChI is InChI=1S/C23H48AsNO2/c1-3-4-5-6-7-8-9-10-11-12-13-14-15-16-17-18-20-24-21-19-23(25)27-22(2)26/h23-24H,3-21,25H2,1-2H3. The van der Waals surface area contributed by atoms with Gasteiger partial charge in [0.05, 0.1) is 0 Å². The Hall–Kier alpha value is -0.0116. The number of esters is 1. The van der Waals surface area contributed by atoms with Crippen LogP contribution in [0.2, 0.25) is 10.4 Å². The van der Waals surface area contributed by atoms with E-state index in [0.717, 1.165) is 6.42 Å². The van der Waals surface area contributed by atoms with Gasteiger partial charge >= 0.3 is 138 Å². The van der Waals surface area contributed by atoms with Crippen molar-refractivity contribution >= 4 is 21.7 Å². The molecule has 0 heterocycles. The van der Waals surface area contributed by atoms with Gasteiger partial charge in [-0.15, -0.1) is 0 Å². The van der Waals surface area contributed by atoms with Crippen molar-refractivity contribution in [1.82, 2.24) is 0 Å². The first-order valence-electron chi connectivity index (χ1n) is 11.8. The van der Waals surface area contributed by atoms with Gasteiger partial charge in [0.2, 0.25) is 0 Å². The number of rotatable bonds is 21. The SMILES string of the molecule is CCCCCCCCCCCCCCCCCC[AsH]CCC(N)OC(C)=O. The molecule has 4 heteroatoms. The molecular formula is C23H48AsNO2. The zero-order valence-electron chi connectivity index (χ0n) is 18.4. The first kappa shape index (κ1) is 27.0. The molecule has 27 heavy (non-hydrogen) atoms. The van der Waals surface area contributed by atoms with E-state index in [1.807, 2.05) is 0 Å². The first-order valence-corrected chi connectivity index (χ1v) is 14.8. The minimum absolute atomic E-state index is 0.119. The zero-order chi connectivity index (χ0) is 20.0. The summed E-state index contributed by atoms with van der Waals surface area (Å²) in [5.41, 5.74) is 5.73. The Morgan fingerprint density at radius 1 is 0.741 bits per heavy atom. The van der Waals surface area contributed by atoms with Crippen molar-refractivity contribution in [3.05, 3.63) is 0 Å². The average molecular weight is 446 g/mol. The number of ether oxygens (including phenoxy) is 1. The molecule has 2 atom stereocenters. The van der Waals surface area contributed by atoms with Gasteiger partial charge in [-0.3, -0.25) is 0 Å². The van der Waals surface area contributed by atoms with Crippen molar-refractivity contribution < 1.29 is 9.53 Å². The molecule has 0 saturated carbocycles. The van der Waals surface area contributed by atoms with Crippen molar-refractivity contribution in [1.29, 1.82) is 0 Å². The van der Waals surface area contributed by atoms with Gasteiger partial charge in [-0.25, -0.2) is 0 Å².